The van der Waals surface area contributed by atoms with Gasteiger partial charge in [0, 0.05) is 13.1 Å². The van der Waals surface area contributed by atoms with Crippen LogP contribution in [0.25, 0.3) is 0 Å². The molecule has 2 rings (SSSR count). The largest absolute Gasteiger partial charge is 0.545 e. The second kappa shape index (κ2) is 5.46. The van der Waals surface area contributed by atoms with Crippen LogP contribution in [0.4, 0.5) is 0 Å². The monoisotopic (exact) mass is 304 g/mol. The number of sulfonamides is 1. The predicted molar refractivity (Wildman–Crippen MR) is 65.4 cm³/mol. The lowest BCUT2D eigenvalue weighted by Gasteiger charge is -2.26. The highest BCUT2D eigenvalue weighted by Crippen LogP contribution is 2.26. The van der Waals surface area contributed by atoms with Crippen molar-refractivity contribution in [2.45, 2.75) is 4.90 Å². The molecular formula is C11H11ClNO5S-. The Labute approximate surface area is 115 Å². The van der Waals surface area contributed by atoms with Crippen LogP contribution in [-0.4, -0.2) is 45.0 Å². The van der Waals surface area contributed by atoms with E-state index in [0.717, 1.165) is 6.07 Å². The molecule has 1 aliphatic rings. The first-order chi connectivity index (χ1) is 8.93. The number of ether oxygens (including phenoxy) is 1. The molecule has 8 heteroatoms. The van der Waals surface area contributed by atoms with E-state index in [0.29, 0.717) is 13.2 Å². The molecule has 6 nitrogen and oxygen atoms in total. The van der Waals surface area contributed by atoms with E-state index in [2.05, 4.69) is 0 Å². The first kappa shape index (κ1) is 14.3. The topological polar surface area (TPSA) is 86.7 Å². The van der Waals surface area contributed by atoms with Crippen molar-refractivity contribution in [1.29, 1.82) is 0 Å². The van der Waals surface area contributed by atoms with Gasteiger partial charge in [0.25, 0.3) is 0 Å². The molecule has 1 fully saturated rings. The molecule has 1 saturated heterocycles. The molecule has 1 aliphatic heterocycles. The van der Waals surface area contributed by atoms with Crippen LogP contribution in [0.15, 0.2) is 23.1 Å². The Morgan fingerprint density at radius 2 is 1.95 bits per heavy atom. The van der Waals surface area contributed by atoms with Crippen molar-refractivity contribution in [1.82, 2.24) is 4.31 Å². The Morgan fingerprint density at radius 3 is 2.53 bits per heavy atom. The summed E-state index contributed by atoms with van der Waals surface area (Å²) in [7, 11) is -3.82. The zero-order valence-corrected chi connectivity index (χ0v) is 11.4. The van der Waals surface area contributed by atoms with Gasteiger partial charge in [-0.05, 0) is 17.7 Å². The van der Waals surface area contributed by atoms with Crippen LogP contribution in [0.1, 0.15) is 10.4 Å². The quantitative estimate of drug-likeness (QED) is 0.767. The van der Waals surface area contributed by atoms with Crippen molar-refractivity contribution >= 4 is 27.6 Å². The van der Waals surface area contributed by atoms with Gasteiger partial charge in [0.2, 0.25) is 10.0 Å². The van der Waals surface area contributed by atoms with Gasteiger partial charge in [-0.2, -0.15) is 4.31 Å². The predicted octanol–water partition coefficient (Wildman–Crippen LogP) is -0.276. The van der Waals surface area contributed by atoms with Crippen molar-refractivity contribution in [3.8, 4) is 0 Å². The average molecular weight is 305 g/mol. The highest BCUT2D eigenvalue weighted by Gasteiger charge is 2.28. The van der Waals surface area contributed by atoms with Crippen LogP contribution in [-0.2, 0) is 14.8 Å². The smallest absolute Gasteiger partial charge is 0.244 e. The summed E-state index contributed by atoms with van der Waals surface area (Å²) < 4.78 is 31.0. The summed E-state index contributed by atoms with van der Waals surface area (Å²) >= 11 is 5.85. The molecule has 0 spiro atoms. The summed E-state index contributed by atoms with van der Waals surface area (Å²) in [6, 6.07) is 3.46. The molecule has 0 atom stereocenters. The van der Waals surface area contributed by atoms with E-state index in [1.165, 1.54) is 16.4 Å². The Morgan fingerprint density at radius 1 is 1.32 bits per heavy atom. The first-order valence-electron chi connectivity index (χ1n) is 5.52. The van der Waals surface area contributed by atoms with Gasteiger partial charge in [-0.15, -0.1) is 0 Å². The minimum absolute atomic E-state index is 0.0171. The maximum absolute atomic E-state index is 12.4. The van der Waals surface area contributed by atoms with E-state index >= 15 is 0 Å². The SMILES string of the molecule is O=C([O-])c1ccc(Cl)c(S(=O)(=O)N2CCOCC2)c1. The van der Waals surface area contributed by atoms with Crippen molar-refractivity contribution in [3.63, 3.8) is 0 Å². The summed E-state index contributed by atoms with van der Waals surface area (Å²) in [5.74, 6) is -1.45. The fourth-order valence-electron chi connectivity index (χ4n) is 1.75. The van der Waals surface area contributed by atoms with Crippen molar-refractivity contribution in [2.24, 2.45) is 0 Å². The fraction of sp³-hybridized carbons (Fsp3) is 0.364. The van der Waals surface area contributed by atoms with Gasteiger partial charge in [-0.25, -0.2) is 8.42 Å². The fourth-order valence-corrected chi connectivity index (χ4v) is 3.66. The van der Waals surface area contributed by atoms with E-state index in [1.807, 2.05) is 0 Å². The number of carboxylic acids is 1. The number of halogens is 1. The minimum atomic E-state index is -3.82. The number of benzene rings is 1. The molecule has 0 radical (unpaired) electrons. The van der Waals surface area contributed by atoms with Crippen molar-refractivity contribution in [3.05, 3.63) is 28.8 Å². The summed E-state index contributed by atoms with van der Waals surface area (Å²) in [5, 5.41) is 10.8. The summed E-state index contributed by atoms with van der Waals surface area (Å²) in [4.78, 5) is 10.6. The zero-order chi connectivity index (χ0) is 14.0. The summed E-state index contributed by atoms with van der Waals surface area (Å²) in [5.41, 5.74) is -0.226. The van der Waals surface area contributed by atoms with E-state index in [4.69, 9.17) is 16.3 Å². The van der Waals surface area contributed by atoms with Gasteiger partial charge in [-0.1, -0.05) is 17.7 Å². The van der Waals surface area contributed by atoms with Gasteiger partial charge in [0.05, 0.1) is 24.2 Å². The van der Waals surface area contributed by atoms with Crippen LogP contribution in [0, 0.1) is 0 Å². The van der Waals surface area contributed by atoms with Crippen LogP contribution in [0.5, 0.6) is 0 Å². The third kappa shape index (κ3) is 2.89. The molecule has 1 heterocycles. The van der Waals surface area contributed by atoms with Crippen LogP contribution < -0.4 is 5.11 Å². The molecule has 0 unspecified atom stereocenters. The third-order valence-electron chi connectivity index (χ3n) is 2.75. The maximum atomic E-state index is 12.4. The summed E-state index contributed by atoms with van der Waals surface area (Å²) in [6.07, 6.45) is 0. The van der Waals surface area contributed by atoms with E-state index in [-0.39, 0.29) is 28.6 Å². The van der Waals surface area contributed by atoms with Gasteiger partial charge in [0.1, 0.15) is 4.90 Å². The Hall–Kier alpha value is -1.15. The van der Waals surface area contributed by atoms with Crippen LogP contribution in [0.2, 0.25) is 5.02 Å². The second-order valence-electron chi connectivity index (χ2n) is 3.95. The molecule has 0 aliphatic carbocycles. The van der Waals surface area contributed by atoms with Gasteiger partial charge >= 0.3 is 0 Å². The standard InChI is InChI=1S/C11H12ClNO5S/c12-9-2-1-8(11(14)15)7-10(9)19(16,17)13-3-5-18-6-4-13/h1-2,7H,3-6H2,(H,14,15)/p-1. The minimum Gasteiger partial charge on any atom is -0.545 e. The number of hydrogen-bond acceptors (Lipinski definition) is 5. The zero-order valence-electron chi connectivity index (χ0n) is 9.84. The van der Waals surface area contributed by atoms with Crippen molar-refractivity contribution in [2.75, 3.05) is 26.3 Å². The second-order valence-corrected chi connectivity index (χ2v) is 6.26. The molecule has 0 N–H and O–H groups in total. The van der Waals surface area contributed by atoms with Gasteiger partial charge in [0.15, 0.2) is 0 Å². The highest BCUT2D eigenvalue weighted by atomic mass is 35.5. The number of aromatic carboxylic acids is 1. The lowest BCUT2D eigenvalue weighted by molar-refractivity contribution is -0.255. The molecule has 0 amide bonds. The molecular weight excluding hydrogens is 294 g/mol. The molecule has 0 aromatic heterocycles. The molecule has 104 valence electrons. The third-order valence-corrected chi connectivity index (χ3v) is 5.13. The number of hydrogen-bond donors (Lipinski definition) is 0. The Bertz CT molecular complexity index is 595. The number of morpholine rings is 1. The number of carboxylic acid groups (broad SMARTS) is 1. The normalized spacial score (nSPS) is 17.3. The van der Waals surface area contributed by atoms with Crippen LogP contribution in [0.3, 0.4) is 0 Å². The molecule has 1 aromatic rings. The molecule has 0 bridgehead atoms. The number of carbonyl (C=O) groups excluding carboxylic acids is 1. The van der Waals surface area contributed by atoms with Gasteiger partial charge < -0.3 is 14.6 Å². The van der Waals surface area contributed by atoms with Crippen LogP contribution >= 0.6 is 11.6 Å². The lowest BCUT2D eigenvalue weighted by Crippen LogP contribution is -2.40. The first-order valence-corrected chi connectivity index (χ1v) is 7.33. The number of rotatable bonds is 3. The summed E-state index contributed by atoms with van der Waals surface area (Å²) in [6.45, 7) is 1.04. The van der Waals surface area contributed by atoms with E-state index in [1.54, 1.807) is 0 Å². The molecule has 19 heavy (non-hydrogen) atoms. The van der Waals surface area contributed by atoms with E-state index in [9.17, 15) is 18.3 Å². The Kier molecular flexibility index (Phi) is 4.10. The number of nitrogens with zero attached hydrogens (tertiary/aromatic N) is 1. The van der Waals surface area contributed by atoms with E-state index < -0.39 is 16.0 Å². The Balaban J connectivity index is 2.44. The lowest BCUT2D eigenvalue weighted by atomic mass is 10.2. The van der Waals surface area contributed by atoms with Gasteiger partial charge in [-0.3, -0.25) is 0 Å². The average Bonchev–Trinajstić information content (AvgIpc) is 2.39. The molecule has 1 aromatic carbocycles. The van der Waals surface area contributed by atoms with Crippen molar-refractivity contribution < 1.29 is 23.1 Å². The molecule has 0 saturated carbocycles. The highest BCUT2D eigenvalue weighted by molar-refractivity contribution is 7.89. The number of carbonyl (C=O) groups is 1. The maximum Gasteiger partial charge on any atom is 0.244 e.